The number of amides is 3. The molecule has 1 aromatic rings. The molecule has 0 bridgehead atoms. The first-order valence-corrected chi connectivity index (χ1v) is 8.48. The zero-order chi connectivity index (χ0) is 20.2. The molecule has 1 rings (SSSR count). The predicted molar refractivity (Wildman–Crippen MR) is 96.7 cm³/mol. The molecule has 0 spiro atoms. The Kier molecular flexibility index (Phi) is 9.35. The van der Waals surface area contributed by atoms with Crippen LogP contribution < -0.4 is 10.6 Å². The molecule has 0 heterocycles. The normalized spacial score (nSPS) is 10.2. The average Bonchev–Trinajstić information content (AvgIpc) is 2.62. The van der Waals surface area contributed by atoms with E-state index in [4.69, 9.17) is 9.84 Å². The molecule has 0 atom stereocenters. The SMILES string of the molecule is CC(C)CN(CC(=O)NCC(=O)O)C(=O)CNC(=O)OCc1ccccc1. The maximum atomic E-state index is 12.3. The number of aliphatic carboxylic acids is 1. The topological polar surface area (TPSA) is 125 Å². The predicted octanol–water partition coefficient (Wildman–Crippen LogP) is 0.598. The molecule has 1 aromatic carbocycles. The van der Waals surface area contributed by atoms with E-state index in [2.05, 4.69) is 10.6 Å². The van der Waals surface area contributed by atoms with Gasteiger partial charge >= 0.3 is 12.1 Å². The molecule has 0 aliphatic heterocycles. The first-order valence-electron chi connectivity index (χ1n) is 8.48. The Hall–Kier alpha value is -3.10. The van der Waals surface area contributed by atoms with Gasteiger partial charge in [-0.3, -0.25) is 14.4 Å². The molecular weight excluding hydrogens is 354 g/mol. The third kappa shape index (κ3) is 9.83. The van der Waals surface area contributed by atoms with Crippen molar-refractivity contribution in [1.29, 1.82) is 0 Å². The Balaban J connectivity index is 2.46. The van der Waals surface area contributed by atoms with Crippen LogP contribution >= 0.6 is 0 Å². The van der Waals surface area contributed by atoms with Crippen molar-refractivity contribution in [2.75, 3.05) is 26.2 Å². The van der Waals surface area contributed by atoms with Gasteiger partial charge < -0.3 is 25.4 Å². The molecule has 3 amide bonds. The first kappa shape index (κ1) is 21.9. The molecule has 148 valence electrons. The average molecular weight is 379 g/mol. The van der Waals surface area contributed by atoms with Gasteiger partial charge in [-0.25, -0.2) is 4.79 Å². The van der Waals surface area contributed by atoms with E-state index in [9.17, 15) is 19.2 Å². The number of carbonyl (C=O) groups excluding carboxylic acids is 3. The molecule has 0 aromatic heterocycles. The van der Waals surface area contributed by atoms with E-state index in [1.54, 1.807) is 12.1 Å². The summed E-state index contributed by atoms with van der Waals surface area (Å²) in [6.07, 6.45) is -0.743. The van der Waals surface area contributed by atoms with Gasteiger partial charge in [0, 0.05) is 6.54 Å². The standard InChI is InChI=1S/C18H25N3O6/c1-13(2)10-21(11-15(22)19-9-17(24)25)16(23)8-20-18(26)27-12-14-6-4-3-5-7-14/h3-7,13H,8-12H2,1-2H3,(H,19,22)(H,20,26)(H,24,25). The van der Waals surface area contributed by atoms with Crippen LogP contribution in [0.15, 0.2) is 30.3 Å². The highest BCUT2D eigenvalue weighted by molar-refractivity contribution is 5.88. The van der Waals surface area contributed by atoms with Gasteiger partial charge in [-0.15, -0.1) is 0 Å². The van der Waals surface area contributed by atoms with Gasteiger partial charge in [0.2, 0.25) is 11.8 Å². The molecule has 0 aliphatic rings. The van der Waals surface area contributed by atoms with E-state index < -0.39 is 30.4 Å². The van der Waals surface area contributed by atoms with Gasteiger partial charge in [0.15, 0.2) is 0 Å². The second kappa shape index (κ2) is 11.5. The van der Waals surface area contributed by atoms with Gasteiger partial charge in [-0.1, -0.05) is 44.2 Å². The van der Waals surface area contributed by atoms with Crippen molar-refractivity contribution in [2.45, 2.75) is 20.5 Å². The van der Waals surface area contributed by atoms with Gasteiger partial charge in [-0.2, -0.15) is 0 Å². The van der Waals surface area contributed by atoms with Gasteiger partial charge in [0.1, 0.15) is 19.7 Å². The monoisotopic (exact) mass is 379 g/mol. The summed E-state index contributed by atoms with van der Waals surface area (Å²) < 4.78 is 5.02. The zero-order valence-electron chi connectivity index (χ0n) is 15.4. The van der Waals surface area contributed by atoms with Crippen LogP contribution in [-0.4, -0.2) is 60.1 Å². The molecule has 9 heteroatoms. The van der Waals surface area contributed by atoms with Gasteiger partial charge in [0.25, 0.3) is 0 Å². The van der Waals surface area contributed by atoms with Crippen molar-refractivity contribution in [3.8, 4) is 0 Å². The third-order valence-corrected chi connectivity index (χ3v) is 3.31. The zero-order valence-corrected chi connectivity index (χ0v) is 15.4. The lowest BCUT2D eigenvalue weighted by molar-refractivity contribution is -0.139. The smallest absolute Gasteiger partial charge is 0.407 e. The Morgan fingerprint density at radius 3 is 2.33 bits per heavy atom. The maximum Gasteiger partial charge on any atom is 0.407 e. The van der Waals surface area contributed by atoms with Crippen molar-refractivity contribution in [1.82, 2.24) is 15.5 Å². The van der Waals surface area contributed by atoms with Crippen molar-refractivity contribution < 1.29 is 29.0 Å². The fourth-order valence-electron chi connectivity index (χ4n) is 2.13. The van der Waals surface area contributed by atoms with Gasteiger partial charge in [-0.05, 0) is 11.5 Å². The van der Waals surface area contributed by atoms with Crippen LogP contribution in [0.5, 0.6) is 0 Å². The van der Waals surface area contributed by atoms with E-state index in [0.29, 0.717) is 6.54 Å². The summed E-state index contributed by atoms with van der Waals surface area (Å²) in [5.74, 6) is -2.14. The third-order valence-electron chi connectivity index (χ3n) is 3.31. The van der Waals surface area contributed by atoms with E-state index in [1.165, 1.54) is 4.90 Å². The number of hydrogen-bond acceptors (Lipinski definition) is 5. The molecule has 0 unspecified atom stereocenters. The number of ether oxygens (including phenoxy) is 1. The van der Waals surface area contributed by atoms with Crippen LogP contribution in [-0.2, 0) is 25.7 Å². The second-order valence-corrected chi connectivity index (χ2v) is 6.25. The lowest BCUT2D eigenvalue weighted by Gasteiger charge is -2.24. The quantitative estimate of drug-likeness (QED) is 0.547. The summed E-state index contributed by atoms with van der Waals surface area (Å²) in [4.78, 5) is 47.5. The summed E-state index contributed by atoms with van der Waals surface area (Å²) in [5.41, 5.74) is 0.815. The summed E-state index contributed by atoms with van der Waals surface area (Å²) in [5, 5.41) is 13.1. The first-order chi connectivity index (χ1) is 12.8. The molecule has 0 radical (unpaired) electrons. The molecule has 0 fully saturated rings. The molecule has 3 N–H and O–H groups in total. The summed E-state index contributed by atoms with van der Waals surface area (Å²) in [6.45, 7) is 2.98. The Morgan fingerprint density at radius 1 is 1.07 bits per heavy atom. The minimum atomic E-state index is -1.17. The fraction of sp³-hybridized carbons (Fsp3) is 0.444. The highest BCUT2D eigenvalue weighted by Crippen LogP contribution is 2.01. The van der Waals surface area contributed by atoms with Crippen molar-refractivity contribution in [2.24, 2.45) is 5.92 Å². The van der Waals surface area contributed by atoms with Crippen LogP contribution in [0.4, 0.5) is 4.79 Å². The lowest BCUT2D eigenvalue weighted by atomic mass is 10.2. The van der Waals surface area contributed by atoms with Crippen molar-refractivity contribution in [3.05, 3.63) is 35.9 Å². The molecule has 0 saturated heterocycles. The summed E-state index contributed by atoms with van der Waals surface area (Å²) in [7, 11) is 0. The number of hydrogen-bond donors (Lipinski definition) is 3. The van der Waals surface area contributed by atoms with E-state index >= 15 is 0 Å². The lowest BCUT2D eigenvalue weighted by Crippen LogP contribution is -2.47. The van der Waals surface area contributed by atoms with E-state index in [-0.39, 0.29) is 25.6 Å². The number of rotatable bonds is 10. The molecule has 0 aliphatic carbocycles. The number of carboxylic acid groups (broad SMARTS) is 1. The summed E-state index contributed by atoms with van der Waals surface area (Å²) >= 11 is 0. The van der Waals surface area contributed by atoms with Crippen LogP contribution in [0, 0.1) is 5.92 Å². The van der Waals surface area contributed by atoms with E-state index in [0.717, 1.165) is 5.56 Å². The van der Waals surface area contributed by atoms with Crippen LogP contribution in [0.25, 0.3) is 0 Å². The molecule has 27 heavy (non-hydrogen) atoms. The number of alkyl carbamates (subject to hydrolysis) is 1. The van der Waals surface area contributed by atoms with Crippen molar-refractivity contribution >= 4 is 23.9 Å². The molecular formula is C18H25N3O6. The highest BCUT2D eigenvalue weighted by atomic mass is 16.5. The fourth-order valence-corrected chi connectivity index (χ4v) is 2.13. The van der Waals surface area contributed by atoms with Crippen LogP contribution in [0.2, 0.25) is 0 Å². The molecule has 9 nitrogen and oxygen atoms in total. The highest BCUT2D eigenvalue weighted by Gasteiger charge is 2.19. The maximum absolute atomic E-state index is 12.3. The van der Waals surface area contributed by atoms with Crippen LogP contribution in [0.3, 0.4) is 0 Å². The number of carboxylic acids is 1. The van der Waals surface area contributed by atoms with E-state index in [1.807, 2.05) is 32.0 Å². The Bertz CT molecular complexity index is 648. The van der Waals surface area contributed by atoms with Crippen molar-refractivity contribution in [3.63, 3.8) is 0 Å². The number of benzene rings is 1. The van der Waals surface area contributed by atoms with Crippen LogP contribution in [0.1, 0.15) is 19.4 Å². The second-order valence-electron chi connectivity index (χ2n) is 6.25. The van der Waals surface area contributed by atoms with Gasteiger partial charge in [0.05, 0.1) is 6.54 Å². The Morgan fingerprint density at radius 2 is 1.74 bits per heavy atom. The number of nitrogens with one attached hydrogen (secondary N) is 2. The Labute approximate surface area is 157 Å². The number of carbonyl (C=O) groups is 4. The minimum Gasteiger partial charge on any atom is -0.480 e. The number of nitrogens with zero attached hydrogens (tertiary/aromatic N) is 1. The summed E-state index contributed by atoms with van der Waals surface area (Å²) in [6, 6.07) is 9.09. The largest absolute Gasteiger partial charge is 0.480 e. The molecule has 0 saturated carbocycles. The minimum absolute atomic E-state index is 0.0775.